The van der Waals surface area contributed by atoms with E-state index in [4.69, 9.17) is 4.74 Å². The van der Waals surface area contributed by atoms with Gasteiger partial charge in [-0.25, -0.2) is 0 Å². The Morgan fingerprint density at radius 1 is 1.23 bits per heavy atom. The lowest BCUT2D eigenvalue weighted by Crippen LogP contribution is -2.23. The first-order chi connectivity index (χ1) is 12.6. The fourth-order valence-electron chi connectivity index (χ4n) is 3.38. The number of aromatic nitrogens is 3. The second-order valence-corrected chi connectivity index (χ2v) is 8.19. The molecule has 1 fully saturated rings. The highest BCUT2D eigenvalue weighted by molar-refractivity contribution is 7.98. The van der Waals surface area contributed by atoms with Crippen molar-refractivity contribution in [2.45, 2.75) is 63.5 Å². The smallest absolute Gasteiger partial charge is 0.191 e. The van der Waals surface area contributed by atoms with Gasteiger partial charge in [0.05, 0.1) is 19.2 Å². The van der Waals surface area contributed by atoms with Gasteiger partial charge in [-0.15, -0.1) is 10.2 Å². The number of thioether (sulfide) groups is 1. The van der Waals surface area contributed by atoms with E-state index in [2.05, 4.69) is 71.1 Å². The second-order valence-electron chi connectivity index (χ2n) is 7.42. The fraction of sp³-hybridized carbons (Fsp3) is 0.600. The van der Waals surface area contributed by atoms with Crippen molar-refractivity contribution < 1.29 is 4.74 Å². The molecule has 1 aliphatic rings. The molecule has 0 spiro atoms. The van der Waals surface area contributed by atoms with Crippen molar-refractivity contribution in [3.8, 4) is 0 Å². The van der Waals surface area contributed by atoms with Gasteiger partial charge in [-0.05, 0) is 43.2 Å². The van der Waals surface area contributed by atoms with E-state index >= 15 is 0 Å². The minimum Gasteiger partial charge on any atom is -0.376 e. The molecule has 0 aliphatic carbocycles. The molecule has 1 aromatic carbocycles. The summed E-state index contributed by atoms with van der Waals surface area (Å²) in [5.74, 6) is 1.59. The Morgan fingerprint density at radius 3 is 2.62 bits per heavy atom. The first-order valence-electron chi connectivity index (χ1n) is 9.42. The van der Waals surface area contributed by atoms with Crippen LogP contribution in [0.4, 0.5) is 0 Å². The number of ether oxygens (including phenoxy) is 1. The molecule has 0 amide bonds. The van der Waals surface area contributed by atoms with Gasteiger partial charge in [0, 0.05) is 13.2 Å². The molecule has 26 heavy (non-hydrogen) atoms. The van der Waals surface area contributed by atoms with Gasteiger partial charge in [0.1, 0.15) is 5.82 Å². The van der Waals surface area contributed by atoms with E-state index in [1.165, 1.54) is 11.1 Å². The SMILES string of the molecule is CSc1nnc(CN(C)Cc2ccc(C(C)C)cc2)n1C[C@@H]1CCCO1. The van der Waals surface area contributed by atoms with E-state index in [1.807, 2.05) is 0 Å². The molecule has 5 nitrogen and oxygen atoms in total. The Balaban J connectivity index is 1.64. The van der Waals surface area contributed by atoms with Crippen LogP contribution in [0.2, 0.25) is 0 Å². The molecule has 1 atom stereocenters. The molecule has 0 saturated carbocycles. The number of hydrogen-bond acceptors (Lipinski definition) is 5. The molecule has 6 heteroatoms. The van der Waals surface area contributed by atoms with Crippen LogP contribution in [0.3, 0.4) is 0 Å². The van der Waals surface area contributed by atoms with Crippen LogP contribution in [0, 0.1) is 0 Å². The van der Waals surface area contributed by atoms with E-state index in [0.29, 0.717) is 12.0 Å². The van der Waals surface area contributed by atoms with Crippen molar-refractivity contribution in [2.75, 3.05) is 19.9 Å². The van der Waals surface area contributed by atoms with E-state index in [1.54, 1.807) is 11.8 Å². The van der Waals surface area contributed by atoms with Crippen molar-refractivity contribution in [1.29, 1.82) is 0 Å². The molecular formula is C20H30N4OS. The minimum atomic E-state index is 0.296. The zero-order chi connectivity index (χ0) is 18.5. The standard InChI is InChI=1S/C20H30N4OS/c1-15(2)17-9-7-16(8-10-17)12-23(3)14-19-21-22-20(26-4)24(19)13-18-6-5-11-25-18/h7-10,15,18H,5-6,11-14H2,1-4H3/t18-/m0/s1. The Labute approximate surface area is 161 Å². The Bertz CT molecular complexity index is 692. The largest absolute Gasteiger partial charge is 0.376 e. The van der Waals surface area contributed by atoms with Gasteiger partial charge in [-0.2, -0.15) is 0 Å². The first-order valence-corrected chi connectivity index (χ1v) is 10.6. The normalized spacial score (nSPS) is 17.5. The van der Waals surface area contributed by atoms with E-state index in [0.717, 1.165) is 50.1 Å². The summed E-state index contributed by atoms with van der Waals surface area (Å²) in [6.45, 7) is 7.88. The van der Waals surface area contributed by atoms with E-state index < -0.39 is 0 Å². The third kappa shape index (κ3) is 4.87. The molecule has 0 N–H and O–H groups in total. The number of rotatable bonds is 8. The zero-order valence-corrected chi connectivity index (χ0v) is 17.1. The predicted molar refractivity (Wildman–Crippen MR) is 106 cm³/mol. The number of nitrogens with zero attached hydrogens (tertiary/aromatic N) is 4. The molecule has 2 aromatic rings. The van der Waals surface area contributed by atoms with Crippen molar-refractivity contribution in [1.82, 2.24) is 19.7 Å². The number of benzene rings is 1. The summed E-state index contributed by atoms with van der Waals surface area (Å²) in [6.07, 6.45) is 4.64. The van der Waals surface area contributed by atoms with Gasteiger partial charge in [-0.3, -0.25) is 4.90 Å². The van der Waals surface area contributed by atoms with Crippen LogP contribution in [0.15, 0.2) is 29.4 Å². The van der Waals surface area contributed by atoms with Crippen molar-refractivity contribution in [2.24, 2.45) is 0 Å². The molecule has 142 valence electrons. The third-order valence-electron chi connectivity index (χ3n) is 4.90. The fourth-order valence-corrected chi connectivity index (χ4v) is 3.90. The number of hydrogen-bond donors (Lipinski definition) is 0. The Kier molecular flexibility index (Phi) is 6.73. The van der Waals surface area contributed by atoms with Gasteiger partial charge in [0.15, 0.2) is 5.16 Å². The highest BCUT2D eigenvalue weighted by Crippen LogP contribution is 2.21. The lowest BCUT2D eigenvalue weighted by Gasteiger charge is -2.19. The summed E-state index contributed by atoms with van der Waals surface area (Å²) < 4.78 is 8.05. The van der Waals surface area contributed by atoms with E-state index in [9.17, 15) is 0 Å². The van der Waals surface area contributed by atoms with Crippen LogP contribution < -0.4 is 0 Å². The topological polar surface area (TPSA) is 43.2 Å². The maximum atomic E-state index is 5.81. The van der Waals surface area contributed by atoms with Crippen molar-refractivity contribution in [3.63, 3.8) is 0 Å². The Hall–Kier alpha value is -1.37. The molecule has 1 saturated heterocycles. The molecule has 3 rings (SSSR count). The molecule has 0 unspecified atom stereocenters. The summed E-state index contributed by atoms with van der Waals surface area (Å²) in [4.78, 5) is 2.30. The van der Waals surface area contributed by atoms with Crippen molar-refractivity contribution >= 4 is 11.8 Å². The van der Waals surface area contributed by atoms with Gasteiger partial charge in [0.25, 0.3) is 0 Å². The van der Waals surface area contributed by atoms with Crippen LogP contribution in [-0.4, -0.2) is 45.7 Å². The molecular weight excluding hydrogens is 344 g/mol. The summed E-state index contributed by atoms with van der Waals surface area (Å²) in [5.41, 5.74) is 2.71. The van der Waals surface area contributed by atoms with Crippen LogP contribution >= 0.6 is 11.8 Å². The molecule has 0 bridgehead atoms. The summed E-state index contributed by atoms with van der Waals surface area (Å²) in [6, 6.07) is 8.94. The average molecular weight is 375 g/mol. The molecule has 1 aromatic heterocycles. The van der Waals surface area contributed by atoms with Crippen LogP contribution in [-0.2, 0) is 24.4 Å². The monoisotopic (exact) mass is 374 g/mol. The summed E-state index contributed by atoms with van der Waals surface area (Å²) >= 11 is 1.65. The van der Waals surface area contributed by atoms with Crippen LogP contribution in [0.25, 0.3) is 0 Å². The lowest BCUT2D eigenvalue weighted by molar-refractivity contribution is 0.0934. The maximum absolute atomic E-state index is 5.81. The van der Waals surface area contributed by atoms with Gasteiger partial charge < -0.3 is 9.30 Å². The van der Waals surface area contributed by atoms with Gasteiger partial charge in [0.2, 0.25) is 0 Å². The highest BCUT2D eigenvalue weighted by Gasteiger charge is 2.21. The quantitative estimate of drug-likeness (QED) is 0.655. The molecule has 2 heterocycles. The predicted octanol–water partition coefficient (Wildman–Crippen LogP) is 3.93. The average Bonchev–Trinajstić information content (AvgIpc) is 3.26. The maximum Gasteiger partial charge on any atom is 0.191 e. The summed E-state index contributed by atoms with van der Waals surface area (Å²) in [7, 11) is 2.14. The molecule has 0 radical (unpaired) electrons. The van der Waals surface area contributed by atoms with E-state index in [-0.39, 0.29) is 0 Å². The zero-order valence-electron chi connectivity index (χ0n) is 16.3. The summed E-state index contributed by atoms with van der Waals surface area (Å²) in [5, 5.41) is 9.78. The second kappa shape index (κ2) is 9.02. The first kappa shape index (κ1) is 19.4. The van der Waals surface area contributed by atoms with Crippen LogP contribution in [0.1, 0.15) is 49.6 Å². The van der Waals surface area contributed by atoms with Gasteiger partial charge >= 0.3 is 0 Å². The van der Waals surface area contributed by atoms with Gasteiger partial charge in [-0.1, -0.05) is 49.9 Å². The van der Waals surface area contributed by atoms with Crippen LogP contribution in [0.5, 0.6) is 0 Å². The third-order valence-corrected chi connectivity index (χ3v) is 5.56. The van der Waals surface area contributed by atoms with Crippen molar-refractivity contribution in [3.05, 3.63) is 41.2 Å². The minimum absolute atomic E-state index is 0.296. The molecule has 1 aliphatic heterocycles. The highest BCUT2D eigenvalue weighted by atomic mass is 32.2. The lowest BCUT2D eigenvalue weighted by atomic mass is 10.0. The Morgan fingerprint density at radius 2 is 2.00 bits per heavy atom.